The Morgan fingerprint density at radius 1 is 1.26 bits per heavy atom. The fourth-order valence-electron chi connectivity index (χ4n) is 3.39. The Labute approximate surface area is 200 Å². The Hall–Kier alpha value is -3.50. The van der Waals surface area contributed by atoms with Gasteiger partial charge >= 0.3 is 5.69 Å². The number of nitrogen functional groups attached to an aromatic ring is 1. The maximum absolute atomic E-state index is 14.1. The van der Waals surface area contributed by atoms with Crippen molar-refractivity contribution >= 4 is 34.8 Å². The molecule has 34 heavy (non-hydrogen) atoms. The third-order valence-electron chi connectivity index (χ3n) is 4.97. The van der Waals surface area contributed by atoms with Crippen molar-refractivity contribution in [1.82, 2.24) is 9.55 Å². The summed E-state index contributed by atoms with van der Waals surface area (Å²) in [5.41, 5.74) is 5.17. The Balaban J connectivity index is 1.93. The molecule has 180 valence electrons. The summed E-state index contributed by atoms with van der Waals surface area (Å²) in [4.78, 5) is 42.9. The van der Waals surface area contributed by atoms with E-state index in [4.69, 9.17) is 10.5 Å². The van der Waals surface area contributed by atoms with Gasteiger partial charge in [-0.1, -0.05) is 32.0 Å². The van der Waals surface area contributed by atoms with E-state index in [-0.39, 0.29) is 42.9 Å². The molecule has 0 aliphatic heterocycles. The zero-order valence-corrected chi connectivity index (χ0v) is 20.0. The third-order valence-corrected chi connectivity index (χ3v) is 6.06. The summed E-state index contributed by atoms with van der Waals surface area (Å²) in [6.07, 6.45) is 2.90. The molecule has 8 nitrogen and oxygen atoms in total. The van der Waals surface area contributed by atoms with Crippen LogP contribution in [-0.2, 0) is 16.1 Å². The van der Waals surface area contributed by atoms with Gasteiger partial charge in [0.1, 0.15) is 11.6 Å². The van der Waals surface area contributed by atoms with Gasteiger partial charge in [0.25, 0.3) is 11.5 Å². The summed E-state index contributed by atoms with van der Waals surface area (Å²) < 4.78 is 20.4. The summed E-state index contributed by atoms with van der Waals surface area (Å²) in [6.45, 7) is 4.30. The number of aromatic nitrogens is 2. The first-order valence-corrected chi connectivity index (χ1v) is 11.5. The highest BCUT2D eigenvalue weighted by Gasteiger charge is 2.23. The molecule has 3 rings (SSSR count). The number of aromatic amines is 1. The van der Waals surface area contributed by atoms with E-state index in [0.717, 1.165) is 9.75 Å². The zero-order chi connectivity index (χ0) is 24.8. The monoisotopic (exact) mass is 486 g/mol. The molecule has 3 aromatic rings. The lowest BCUT2D eigenvalue weighted by molar-refractivity contribution is -0.114. The van der Waals surface area contributed by atoms with E-state index >= 15 is 0 Å². The van der Waals surface area contributed by atoms with Crippen LogP contribution in [0.25, 0.3) is 16.5 Å². The number of hydrogen-bond donors (Lipinski definition) is 2. The van der Waals surface area contributed by atoms with Gasteiger partial charge in [-0.15, -0.1) is 11.3 Å². The van der Waals surface area contributed by atoms with Gasteiger partial charge in [-0.05, 0) is 30.2 Å². The summed E-state index contributed by atoms with van der Waals surface area (Å²) in [6, 6.07) is 10.0. The molecule has 1 aromatic carbocycles. The van der Waals surface area contributed by atoms with E-state index in [0.29, 0.717) is 5.56 Å². The molecule has 0 aliphatic rings. The average Bonchev–Trinajstić information content (AvgIpc) is 3.26. The van der Waals surface area contributed by atoms with Crippen molar-refractivity contribution in [2.45, 2.75) is 20.4 Å². The van der Waals surface area contributed by atoms with Gasteiger partial charge in [-0.2, -0.15) is 0 Å². The number of nitrogens with two attached hydrogens (primary N) is 1. The van der Waals surface area contributed by atoms with Crippen molar-refractivity contribution in [2.24, 2.45) is 5.92 Å². The zero-order valence-electron chi connectivity index (χ0n) is 19.2. The molecule has 1 amide bonds. The molecule has 2 aromatic heterocycles. The first-order valence-electron chi connectivity index (χ1n) is 10.7. The normalized spacial score (nSPS) is 11.4. The van der Waals surface area contributed by atoms with Crippen LogP contribution in [0.2, 0.25) is 0 Å². The predicted molar refractivity (Wildman–Crippen MR) is 134 cm³/mol. The number of rotatable bonds is 9. The highest BCUT2D eigenvalue weighted by atomic mass is 32.1. The summed E-state index contributed by atoms with van der Waals surface area (Å²) >= 11 is 1.32. The van der Waals surface area contributed by atoms with Crippen molar-refractivity contribution in [3.8, 4) is 10.4 Å². The standard InChI is InChI=1S/C24H27FN4O4S/c1-15(2)14-29-22(26)21(23(31)27-24(29)32)28(12-13-33-3)20(30)11-9-16-8-10-19(34-16)17-6-4-5-7-18(17)25/h4-11,15H,12-14,26H2,1-3H3,(H,27,31,32)/b11-9+. The summed E-state index contributed by atoms with van der Waals surface area (Å²) in [5, 5.41) is 0. The van der Waals surface area contributed by atoms with E-state index in [1.165, 1.54) is 40.1 Å². The molecule has 0 radical (unpaired) electrons. The van der Waals surface area contributed by atoms with Crippen molar-refractivity contribution in [3.63, 3.8) is 0 Å². The van der Waals surface area contributed by atoms with E-state index in [1.54, 1.807) is 36.4 Å². The smallest absolute Gasteiger partial charge is 0.330 e. The topological polar surface area (TPSA) is 110 Å². The van der Waals surface area contributed by atoms with Crippen LogP contribution in [-0.4, -0.2) is 35.7 Å². The quantitative estimate of drug-likeness (QED) is 0.451. The Morgan fingerprint density at radius 2 is 2.00 bits per heavy atom. The first-order chi connectivity index (χ1) is 16.2. The van der Waals surface area contributed by atoms with Gasteiger partial charge in [0.2, 0.25) is 0 Å². The van der Waals surface area contributed by atoms with Gasteiger partial charge in [-0.25, -0.2) is 9.18 Å². The Kier molecular flexibility index (Phi) is 8.19. The van der Waals surface area contributed by atoms with Gasteiger partial charge in [0.15, 0.2) is 5.69 Å². The van der Waals surface area contributed by atoms with Crippen LogP contribution >= 0.6 is 11.3 Å². The largest absolute Gasteiger partial charge is 0.383 e. The number of carbonyl (C=O) groups is 1. The maximum Gasteiger partial charge on any atom is 0.330 e. The molecule has 0 unspecified atom stereocenters. The Morgan fingerprint density at radius 3 is 2.68 bits per heavy atom. The van der Waals surface area contributed by atoms with Crippen LogP contribution < -0.4 is 21.9 Å². The number of ether oxygens (including phenoxy) is 1. The van der Waals surface area contributed by atoms with Crippen molar-refractivity contribution in [2.75, 3.05) is 30.9 Å². The first kappa shape index (κ1) is 25.1. The number of nitrogens with zero attached hydrogens (tertiary/aromatic N) is 2. The summed E-state index contributed by atoms with van der Waals surface area (Å²) in [7, 11) is 1.47. The number of halogens is 1. The van der Waals surface area contributed by atoms with E-state index in [2.05, 4.69) is 4.98 Å². The number of H-pyrrole nitrogens is 1. The van der Waals surface area contributed by atoms with Gasteiger partial charge < -0.3 is 10.5 Å². The molecule has 0 atom stereocenters. The molecule has 0 aliphatic carbocycles. The van der Waals surface area contributed by atoms with Crippen LogP contribution in [0, 0.1) is 11.7 Å². The molecule has 0 saturated carbocycles. The number of amides is 1. The molecule has 0 spiro atoms. The molecule has 2 heterocycles. The van der Waals surface area contributed by atoms with Crippen LogP contribution in [0.1, 0.15) is 18.7 Å². The minimum Gasteiger partial charge on any atom is -0.383 e. The number of anilines is 2. The predicted octanol–water partition coefficient (Wildman–Crippen LogP) is 3.34. The fourth-order valence-corrected chi connectivity index (χ4v) is 4.33. The summed E-state index contributed by atoms with van der Waals surface area (Å²) in [5.74, 6) is -0.833. The minimum absolute atomic E-state index is 0.0533. The second-order valence-corrected chi connectivity index (χ2v) is 9.11. The number of nitrogens with one attached hydrogen (secondary N) is 1. The van der Waals surface area contributed by atoms with E-state index < -0.39 is 17.2 Å². The molecule has 0 bridgehead atoms. The van der Waals surface area contributed by atoms with Crippen LogP contribution in [0.15, 0.2) is 52.1 Å². The molecule has 0 saturated heterocycles. The van der Waals surface area contributed by atoms with E-state index in [9.17, 15) is 18.8 Å². The Bertz CT molecular complexity index is 1310. The average molecular weight is 487 g/mol. The molecular formula is C24H27FN4O4S. The van der Waals surface area contributed by atoms with Crippen LogP contribution in [0.5, 0.6) is 0 Å². The lowest BCUT2D eigenvalue weighted by Gasteiger charge is -2.23. The molecule has 0 fully saturated rings. The van der Waals surface area contributed by atoms with Crippen molar-refractivity contribution in [3.05, 3.63) is 74.0 Å². The number of benzene rings is 1. The number of carbonyl (C=O) groups excluding carboxylic acids is 1. The number of methoxy groups -OCH3 is 1. The third kappa shape index (κ3) is 5.70. The molecule has 3 N–H and O–H groups in total. The highest BCUT2D eigenvalue weighted by Crippen LogP contribution is 2.30. The van der Waals surface area contributed by atoms with Gasteiger partial charge in [0, 0.05) is 41.6 Å². The van der Waals surface area contributed by atoms with Crippen molar-refractivity contribution in [1.29, 1.82) is 0 Å². The lowest BCUT2D eigenvalue weighted by Crippen LogP contribution is -2.42. The van der Waals surface area contributed by atoms with Gasteiger partial charge in [0.05, 0.1) is 6.61 Å². The number of thiophene rings is 1. The fraction of sp³-hybridized carbons (Fsp3) is 0.292. The van der Waals surface area contributed by atoms with Crippen LogP contribution in [0.3, 0.4) is 0 Å². The van der Waals surface area contributed by atoms with Gasteiger partial charge in [-0.3, -0.25) is 24.0 Å². The van der Waals surface area contributed by atoms with E-state index in [1.807, 2.05) is 13.8 Å². The SMILES string of the molecule is COCCN(C(=O)/C=C/c1ccc(-c2ccccc2F)s1)c1c(N)n(CC(C)C)c(=O)[nH]c1=O. The maximum atomic E-state index is 14.1. The molecular weight excluding hydrogens is 459 g/mol. The highest BCUT2D eigenvalue weighted by molar-refractivity contribution is 7.16. The van der Waals surface area contributed by atoms with Crippen molar-refractivity contribution < 1.29 is 13.9 Å². The molecule has 10 heteroatoms. The second-order valence-electron chi connectivity index (χ2n) is 8.00. The second kappa shape index (κ2) is 11.1. The van der Waals surface area contributed by atoms with Crippen LogP contribution in [0.4, 0.5) is 15.9 Å². The minimum atomic E-state index is -0.752. The lowest BCUT2D eigenvalue weighted by atomic mass is 10.2. The number of hydrogen-bond acceptors (Lipinski definition) is 6.